The van der Waals surface area contributed by atoms with Crippen molar-refractivity contribution in [2.45, 2.75) is 6.03 Å². The summed E-state index contributed by atoms with van der Waals surface area (Å²) in [5, 5.41) is 21.8. The summed E-state index contributed by atoms with van der Waals surface area (Å²) >= 11 is 0. The van der Waals surface area contributed by atoms with E-state index in [9.17, 15) is 0 Å². The first-order chi connectivity index (χ1) is 3.21. The van der Waals surface area contributed by atoms with Gasteiger partial charge in [-0.3, -0.25) is 10.6 Å². The smallest absolute Gasteiger partial charge is 0.286 e. The lowest BCUT2D eigenvalue weighted by Gasteiger charge is -2.12. The molecule has 4 nitrogen and oxygen atoms in total. The minimum Gasteiger partial charge on any atom is -0.341 e. The molecule has 4 N–H and O–H groups in total. The topological polar surface area (TPSA) is 64.5 Å². The fourth-order valence-electron chi connectivity index (χ4n) is 0.536. The van der Waals surface area contributed by atoms with Gasteiger partial charge in [0.2, 0.25) is 0 Å². The third-order valence-corrected chi connectivity index (χ3v) is 0.868. The fourth-order valence-corrected chi connectivity index (χ4v) is 0.536. The van der Waals surface area contributed by atoms with Gasteiger partial charge in [-0.1, -0.05) is 0 Å². The van der Waals surface area contributed by atoms with Crippen molar-refractivity contribution in [1.82, 2.24) is 10.6 Å². The average molecular weight is 104 g/mol. The summed E-state index contributed by atoms with van der Waals surface area (Å²) in [4.78, 5) is 0. The van der Waals surface area contributed by atoms with E-state index in [2.05, 4.69) is 10.6 Å². The summed E-state index contributed by atoms with van der Waals surface area (Å²) < 4.78 is 0. The van der Waals surface area contributed by atoms with E-state index in [1.165, 1.54) is 0 Å². The standard InChI is InChI=1S/C3H8N2O2/c6-3(7)4-1-2-5-3/h4-7H,1-2H2. The predicted octanol–water partition coefficient (Wildman–Crippen LogP) is -2.22. The molecule has 1 saturated heterocycles. The predicted molar refractivity (Wildman–Crippen MR) is 23.2 cm³/mol. The number of aliphatic hydroxyl groups is 2. The van der Waals surface area contributed by atoms with Crippen molar-refractivity contribution in [2.24, 2.45) is 0 Å². The van der Waals surface area contributed by atoms with Gasteiger partial charge in [-0.15, -0.1) is 0 Å². The van der Waals surface area contributed by atoms with Gasteiger partial charge in [0.15, 0.2) is 0 Å². The molecule has 7 heavy (non-hydrogen) atoms. The molecule has 0 aromatic heterocycles. The number of hydrogen-bond acceptors (Lipinski definition) is 4. The lowest BCUT2D eigenvalue weighted by Crippen LogP contribution is -2.48. The van der Waals surface area contributed by atoms with Crippen LogP contribution >= 0.6 is 0 Å². The van der Waals surface area contributed by atoms with Crippen LogP contribution in [0.2, 0.25) is 0 Å². The third kappa shape index (κ3) is 1.10. The Balaban J connectivity index is 2.40. The highest BCUT2D eigenvalue weighted by molar-refractivity contribution is 4.67. The highest BCUT2D eigenvalue weighted by Gasteiger charge is 2.25. The van der Waals surface area contributed by atoms with Crippen molar-refractivity contribution >= 4 is 0 Å². The number of hydrogen-bond donors (Lipinski definition) is 4. The van der Waals surface area contributed by atoms with Crippen molar-refractivity contribution in [1.29, 1.82) is 0 Å². The van der Waals surface area contributed by atoms with Crippen LogP contribution in [-0.4, -0.2) is 29.3 Å². The zero-order chi connectivity index (χ0) is 5.33. The highest BCUT2D eigenvalue weighted by atomic mass is 16.5. The van der Waals surface area contributed by atoms with Gasteiger partial charge in [-0.05, 0) is 0 Å². The number of rotatable bonds is 0. The Morgan fingerprint density at radius 1 is 1.14 bits per heavy atom. The number of nitrogens with one attached hydrogen (secondary N) is 2. The van der Waals surface area contributed by atoms with E-state index in [-0.39, 0.29) is 0 Å². The first-order valence-corrected chi connectivity index (χ1v) is 2.15. The summed E-state index contributed by atoms with van der Waals surface area (Å²) in [6.45, 7) is 1.21. The Labute approximate surface area is 41.2 Å². The van der Waals surface area contributed by atoms with Gasteiger partial charge in [0.25, 0.3) is 6.03 Å². The van der Waals surface area contributed by atoms with Gasteiger partial charge in [0, 0.05) is 13.1 Å². The highest BCUT2D eigenvalue weighted by Crippen LogP contribution is 1.90. The van der Waals surface area contributed by atoms with Crippen LogP contribution < -0.4 is 10.6 Å². The van der Waals surface area contributed by atoms with Crippen LogP contribution in [0.25, 0.3) is 0 Å². The van der Waals surface area contributed by atoms with Crippen LogP contribution in [0.15, 0.2) is 0 Å². The van der Waals surface area contributed by atoms with Gasteiger partial charge in [0.05, 0.1) is 0 Å². The Morgan fingerprint density at radius 3 is 1.71 bits per heavy atom. The molecule has 0 amide bonds. The van der Waals surface area contributed by atoms with Crippen LogP contribution in [0.5, 0.6) is 0 Å². The Kier molecular flexibility index (Phi) is 1.01. The Bertz CT molecular complexity index is 65.3. The van der Waals surface area contributed by atoms with E-state index >= 15 is 0 Å². The van der Waals surface area contributed by atoms with Gasteiger partial charge in [0.1, 0.15) is 0 Å². The first kappa shape index (κ1) is 4.99. The second-order valence-electron chi connectivity index (χ2n) is 1.53. The second kappa shape index (κ2) is 1.41. The second-order valence-corrected chi connectivity index (χ2v) is 1.53. The van der Waals surface area contributed by atoms with Crippen LogP contribution in [0.1, 0.15) is 0 Å². The maximum absolute atomic E-state index is 8.53. The fraction of sp³-hybridized carbons (Fsp3) is 1.00. The molecule has 1 fully saturated rings. The van der Waals surface area contributed by atoms with Crippen LogP contribution in [0, 0.1) is 0 Å². The lowest BCUT2D eigenvalue weighted by molar-refractivity contribution is -0.188. The third-order valence-electron chi connectivity index (χ3n) is 0.868. The van der Waals surface area contributed by atoms with E-state index < -0.39 is 6.03 Å². The minimum absolute atomic E-state index is 0.604. The molecular formula is C3H8N2O2. The SMILES string of the molecule is OC1(O)NCCN1. The molecule has 1 aliphatic heterocycles. The van der Waals surface area contributed by atoms with Crippen LogP contribution in [0.3, 0.4) is 0 Å². The molecule has 0 aromatic carbocycles. The monoisotopic (exact) mass is 104 g/mol. The molecule has 0 radical (unpaired) electrons. The van der Waals surface area contributed by atoms with E-state index in [0.29, 0.717) is 13.1 Å². The molecular weight excluding hydrogens is 96.0 g/mol. The molecule has 1 heterocycles. The van der Waals surface area contributed by atoms with Crippen molar-refractivity contribution in [2.75, 3.05) is 13.1 Å². The van der Waals surface area contributed by atoms with Crippen LogP contribution in [0.4, 0.5) is 0 Å². The zero-order valence-corrected chi connectivity index (χ0v) is 3.81. The Morgan fingerprint density at radius 2 is 1.57 bits per heavy atom. The van der Waals surface area contributed by atoms with Gasteiger partial charge in [-0.25, -0.2) is 0 Å². The van der Waals surface area contributed by atoms with E-state index in [0.717, 1.165) is 0 Å². The van der Waals surface area contributed by atoms with E-state index in [1.54, 1.807) is 0 Å². The maximum atomic E-state index is 8.53. The first-order valence-electron chi connectivity index (χ1n) is 2.15. The molecule has 1 aliphatic rings. The molecule has 0 aliphatic carbocycles. The van der Waals surface area contributed by atoms with Crippen molar-refractivity contribution in [3.8, 4) is 0 Å². The molecule has 0 spiro atoms. The van der Waals surface area contributed by atoms with Crippen molar-refractivity contribution in [3.05, 3.63) is 0 Å². The van der Waals surface area contributed by atoms with Gasteiger partial charge >= 0.3 is 0 Å². The molecule has 0 saturated carbocycles. The largest absolute Gasteiger partial charge is 0.341 e. The zero-order valence-electron chi connectivity index (χ0n) is 3.81. The summed E-state index contributed by atoms with van der Waals surface area (Å²) in [5.41, 5.74) is 0. The van der Waals surface area contributed by atoms with Gasteiger partial charge < -0.3 is 10.2 Å². The van der Waals surface area contributed by atoms with Crippen molar-refractivity contribution < 1.29 is 10.2 Å². The summed E-state index contributed by atoms with van der Waals surface area (Å²) in [6, 6.07) is -1.81. The van der Waals surface area contributed by atoms with Crippen LogP contribution in [-0.2, 0) is 0 Å². The van der Waals surface area contributed by atoms with E-state index in [4.69, 9.17) is 10.2 Å². The van der Waals surface area contributed by atoms with E-state index in [1.807, 2.05) is 0 Å². The molecule has 0 unspecified atom stereocenters. The summed E-state index contributed by atoms with van der Waals surface area (Å²) in [7, 11) is 0. The summed E-state index contributed by atoms with van der Waals surface area (Å²) in [6.07, 6.45) is 0. The molecule has 42 valence electrons. The summed E-state index contributed by atoms with van der Waals surface area (Å²) in [5.74, 6) is 0. The molecule has 0 bridgehead atoms. The molecule has 1 rings (SSSR count). The average Bonchev–Trinajstić information content (AvgIpc) is 1.84. The quantitative estimate of drug-likeness (QED) is 0.263. The Hall–Kier alpha value is -0.160. The van der Waals surface area contributed by atoms with Gasteiger partial charge in [-0.2, -0.15) is 0 Å². The minimum atomic E-state index is -1.81. The molecule has 0 aromatic rings. The van der Waals surface area contributed by atoms with Crippen molar-refractivity contribution in [3.63, 3.8) is 0 Å². The maximum Gasteiger partial charge on any atom is 0.286 e. The normalized spacial score (nSPS) is 28.3. The molecule has 4 heteroatoms. The molecule has 0 atom stereocenters. The lowest BCUT2D eigenvalue weighted by atomic mass is 10.7.